The van der Waals surface area contributed by atoms with Gasteiger partial charge in [-0.05, 0) is 45.3 Å². The fourth-order valence-electron chi connectivity index (χ4n) is 2.51. The fraction of sp³-hybridized carbons (Fsp3) is 1.00. The van der Waals surface area contributed by atoms with Crippen molar-refractivity contribution in [3.8, 4) is 0 Å². The van der Waals surface area contributed by atoms with Gasteiger partial charge in [0.05, 0.1) is 0 Å². The number of hydrogen-bond donors (Lipinski definition) is 1. The zero-order valence-corrected chi connectivity index (χ0v) is 11.3. The maximum atomic E-state index is 3.59. The van der Waals surface area contributed by atoms with Crippen molar-refractivity contribution in [2.24, 2.45) is 0 Å². The molecule has 1 aliphatic rings. The minimum absolute atomic E-state index is 0.806. The summed E-state index contributed by atoms with van der Waals surface area (Å²) in [5, 5.41) is 3.59. The highest BCUT2D eigenvalue weighted by atomic mass is 15.2. The van der Waals surface area contributed by atoms with Crippen LogP contribution in [0.15, 0.2) is 0 Å². The Labute approximate surface area is 102 Å². The number of rotatable bonds is 7. The van der Waals surface area contributed by atoms with Crippen LogP contribution in [0.5, 0.6) is 0 Å². The molecule has 1 heterocycles. The molecule has 0 amide bonds. The Morgan fingerprint density at radius 1 is 1.06 bits per heavy atom. The molecule has 0 saturated carbocycles. The second-order valence-electron chi connectivity index (χ2n) is 5.10. The zero-order chi connectivity index (χ0) is 11.6. The molecule has 1 N–H and O–H groups in total. The summed E-state index contributed by atoms with van der Waals surface area (Å²) >= 11 is 0. The standard InChI is InChI=1S/C14H30N2/c1-3-5-11-16(12-6-4-2)14-9-7-8-10-15-13-14/h14-15H,3-13H2,1-2H3. The molecule has 0 aromatic rings. The smallest absolute Gasteiger partial charge is 0.0220 e. The van der Waals surface area contributed by atoms with Crippen LogP contribution < -0.4 is 5.32 Å². The van der Waals surface area contributed by atoms with Crippen LogP contribution >= 0.6 is 0 Å². The topological polar surface area (TPSA) is 15.3 Å². The average Bonchev–Trinajstić information content (AvgIpc) is 2.58. The van der Waals surface area contributed by atoms with Crippen LogP contribution in [0.1, 0.15) is 58.8 Å². The number of nitrogens with one attached hydrogen (secondary N) is 1. The SMILES string of the molecule is CCCCN(CCCC)C1CCCCNC1. The summed E-state index contributed by atoms with van der Waals surface area (Å²) in [6.45, 7) is 9.65. The van der Waals surface area contributed by atoms with E-state index in [0.717, 1.165) is 6.04 Å². The molecule has 0 aromatic carbocycles. The van der Waals surface area contributed by atoms with Gasteiger partial charge in [0.2, 0.25) is 0 Å². The third-order valence-electron chi connectivity index (χ3n) is 3.64. The third kappa shape index (κ3) is 5.31. The first kappa shape index (κ1) is 14.0. The van der Waals surface area contributed by atoms with Crippen molar-refractivity contribution < 1.29 is 0 Å². The van der Waals surface area contributed by atoms with Gasteiger partial charge in [-0.15, -0.1) is 0 Å². The van der Waals surface area contributed by atoms with Crippen molar-refractivity contribution in [3.63, 3.8) is 0 Å². The third-order valence-corrected chi connectivity index (χ3v) is 3.64. The van der Waals surface area contributed by atoms with Gasteiger partial charge < -0.3 is 5.32 Å². The van der Waals surface area contributed by atoms with Gasteiger partial charge in [-0.3, -0.25) is 4.90 Å². The van der Waals surface area contributed by atoms with Crippen LogP contribution in [-0.4, -0.2) is 37.1 Å². The maximum absolute atomic E-state index is 3.59. The summed E-state index contributed by atoms with van der Waals surface area (Å²) in [5.41, 5.74) is 0. The molecule has 1 saturated heterocycles. The van der Waals surface area contributed by atoms with E-state index in [2.05, 4.69) is 24.1 Å². The first-order chi connectivity index (χ1) is 7.88. The Bertz CT molecular complexity index is 143. The molecule has 1 fully saturated rings. The molecule has 0 aromatic heterocycles. The molecule has 1 atom stereocenters. The van der Waals surface area contributed by atoms with Crippen LogP contribution in [-0.2, 0) is 0 Å². The van der Waals surface area contributed by atoms with Crippen LogP contribution in [0.4, 0.5) is 0 Å². The van der Waals surface area contributed by atoms with E-state index in [0.29, 0.717) is 0 Å². The van der Waals surface area contributed by atoms with E-state index in [1.807, 2.05) is 0 Å². The quantitative estimate of drug-likeness (QED) is 0.718. The zero-order valence-electron chi connectivity index (χ0n) is 11.3. The van der Waals surface area contributed by atoms with E-state index in [1.54, 1.807) is 0 Å². The van der Waals surface area contributed by atoms with E-state index in [1.165, 1.54) is 71.1 Å². The molecule has 2 nitrogen and oxygen atoms in total. The molecule has 16 heavy (non-hydrogen) atoms. The first-order valence-electron chi connectivity index (χ1n) is 7.33. The summed E-state index contributed by atoms with van der Waals surface area (Å²) < 4.78 is 0. The van der Waals surface area contributed by atoms with Crippen molar-refractivity contribution >= 4 is 0 Å². The average molecular weight is 226 g/mol. The molecule has 1 unspecified atom stereocenters. The van der Waals surface area contributed by atoms with Gasteiger partial charge in [-0.1, -0.05) is 33.1 Å². The van der Waals surface area contributed by atoms with E-state index in [9.17, 15) is 0 Å². The second-order valence-corrected chi connectivity index (χ2v) is 5.10. The van der Waals surface area contributed by atoms with Gasteiger partial charge in [0.15, 0.2) is 0 Å². The van der Waals surface area contributed by atoms with Crippen molar-refractivity contribution in [2.75, 3.05) is 26.2 Å². The molecule has 0 bridgehead atoms. The number of hydrogen-bond acceptors (Lipinski definition) is 2. The van der Waals surface area contributed by atoms with Gasteiger partial charge in [0, 0.05) is 12.6 Å². The number of nitrogens with zero attached hydrogens (tertiary/aromatic N) is 1. The summed E-state index contributed by atoms with van der Waals surface area (Å²) in [4.78, 5) is 2.74. The Morgan fingerprint density at radius 3 is 2.38 bits per heavy atom. The van der Waals surface area contributed by atoms with E-state index < -0.39 is 0 Å². The van der Waals surface area contributed by atoms with Crippen LogP contribution in [0.2, 0.25) is 0 Å². The minimum Gasteiger partial charge on any atom is -0.315 e. The summed E-state index contributed by atoms with van der Waals surface area (Å²) in [7, 11) is 0. The molecular weight excluding hydrogens is 196 g/mol. The summed E-state index contributed by atoms with van der Waals surface area (Å²) in [5.74, 6) is 0. The second kappa shape index (κ2) is 9.00. The van der Waals surface area contributed by atoms with E-state index >= 15 is 0 Å². The molecule has 0 spiro atoms. The Balaban J connectivity index is 2.37. The lowest BCUT2D eigenvalue weighted by molar-refractivity contribution is 0.181. The van der Waals surface area contributed by atoms with E-state index in [-0.39, 0.29) is 0 Å². The normalized spacial score (nSPS) is 22.3. The lowest BCUT2D eigenvalue weighted by Crippen LogP contribution is -2.42. The predicted octanol–water partition coefficient (Wildman–Crippen LogP) is 3.03. The summed E-state index contributed by atoms with van der Waals surface area (Å²) in [6, 6.07) is 0.806. The predicted molar refractivity (Wildman–Crippen MR) is 71.9 cm³/mol. The summed E-state index contributed by atoms with van der Waals surface area (Å²) in [6.07, 6.45) is 9.55. The molecule has 1 aliphatic heterocycles. The van der Waals surface area contributed by atoms with Gasteiger partial charge in [-0.2, -0.15) is 0 Å². The molecule has 1 rings (SSSR count). The van der Waals surface area contributed by atoms with Crippen molar-refractivity contribution in [1.29, 1.82) is 0 Å². The highest BCUT2D eigenvalue weighted by Crippen LogP contribution is 2.13. The van der Waals surface area contributed by atoms with Crippen LogP contribution in [0.25, 0.3) is 0 Å². The van der Waals surface area contributed by atoms with Crippen molar-refractivity contribution in [1.82, 2.24) is 10.2 Å². The largest absolute Gasteiger partial charge is 0.315 e. The van der Waals surface area contributed by atoms with Crippen molar-refractivity contribution in [2.45, 2.75) is 64.8 Å². The van der Waals surface area contributed by atoms with E-state index in [4.69, 9.17) is 0 Å². The molecule has 2 heteroatoms. The molecule has 96 valence electrons. The Morgan fingerprint density at radius 2 is 1.75 bits per heavy atom. The maximum Gasteiger partial charge on any atom is 0.0220 e. The minimum atomic E-state index is 0.806. The highest BCUT2D eigenvalue weighted by Gasteiger charge is 2.18. The fourth-order valence-corrected chi connectivity index (χ4v) is 2.51. The van der Waals surface area contributed by atoms with Gasteiger partial charge in [0.1, 0.15) is 0 Å². The Kier molecular flexibility index (Phi) is 7.87. The van der Waals surface area contributed by atoms with Crippen molar-refractivity contribution in [3.05, 3.63) is 0 Å². The number of unbranched alkanes of at least 4 members (excludes halogenated alkanes) is 2. The van der Waals surface area contributed by atoms with Gasteiger partial charge in [0.25, 0.3) is 0 Å². The molecule has 0 radical (unpaired) electrons. The molecule has 0 aliphatic carbocycles. The lowest BCUT2D eigenvalue weighted by atomic mass is 10.1. The molecular formula is C14H30N2. The van der Waals surface area contributed by atoms with Crippen LogP contribution in [0.3, 0.4) is 0 Å². The first-order valence-corrected chi connectivity index (χ1v) is 7.33. The monoisotopic (exact) mass is 226 g/mol. The van der Waals surface area contributed by atoms with Gasteiger partial charge >= 0.3 is 0 Å². The Hall–Kier alpha value is -0.0800. The highest BCUT2D eigenvalue weighted by molar-refractivity contribution is 4.77. The lowest BCUT2D eigenvalue weighted by Gasteiger charge is -2.31. The van der Waals surface area contributed by atoms with Gasteiger partial charge in [-0.25, -0.2) is 0 Å². The van der Waals surface area contributed by atoms with Crippen LogP contribution in [0, 0.1) is 0 Å².